The number of imidazole rings is 1. The molecule has 0 aliphatic rings. The molecule has 4 aromatic heterocycles. The van der Waals surface area contributed by atoms with E-state index < -0.39 is 18.2 Å². The molecule has 1 N–H and O–H groups in total. The highest BCUT2D eigenvalue weighted by atomic mass is 16.4. The maximum absolute atomic E-state index is 13.0. The molecule has 0 saturated heterocycles. The first-order valence-corrected chi connectivity index (χ1v) is 9.19. The molecule has 0 atom stereocenters. The van der Waals surface area contributed by atoms with Crippen LogP contribution in [-0.4, -0.2) is 40.0 Å². The van der Waals surface area contributed by atoms with E-state index in [0.717, 1.165) is 22.0 Å². The maximum atomic E-state index is 13.0. The topological polar surface area (TPSA) is 108 Å². The van der Waals surface area contributed by atoms with Crippen molar-refractivity contribution >= 4 is 27.9 Å². The number of aromatic nitrogens is 6. The molecular weight excluding hydrogens is 384 g/mol. The molecule has 4 heterocycles. The highest BCUT2D eigenvalue weighted by Crippen LogP contribution is 2.27. The quantitative estimate of drug-likeness (QED) is 0.496. The number of pyridine rings is 2. The molecule has 148 valence electrons. The number of carboxylic acid groups (broad SMARTS) is 1. The van der Waals surface area contributed by atoms with E-state index in [1.807, 2.05) is 13.1 Å². The zero-order valence-corrected chi connectivity index (χ0v) is 15.9. The van der Waals surface area contributed by atoms with Gasteiger partial charge in [0.15, 0.2) is 0 Å². The summed E-state index contributed by atoms with van der Waals surface area (Å²) in [5.74, 6) is -0.671. The second kappa shape index (κ2) is 6.66. The summed E-state index contributed by atoms with van der Waals surface area (Å²) in [6.45, 7) is -0.418. The predicted molar refractivity (Wildman–Crippen MR) is 110 cm³/mol. The van der Waals surface area contributed by atoms with Gasteiger partial charge in [0, 0.05) is 36.0 Å². The lowest BCUT2D eigenvalue weighted by Gasteiger charge is -2.06. The van der Waals surface area contributed by atoms with E-state index in [1.165, 1.54) is 9.13 Å². The van der Waals surface area contributed by atoms with E-state index >= 15 is 0 Å². The highest BCUT2D eigenvalue weighted by Gasteiger charge is 2.17. The van der Waals surface area contributed by atoms with Crippen molar-refractivity contribution in [2.24, 2.45) is 7.05 Å². The lowest BCUT2D eigenvalue weighted by Crippen LogP contribution is -2.26. The molecule has 9 heteroatoms. The zero-order valence-electron chi connectivity index (χ0n) is 15.9. The van der Waals surface area contributed by atoms with E-state index in [4.69, 9.17) is 0 Å². The van der Waals surface area contributed by atoms with Crippen LogP contribution in [0.4, 0.5) is 0 Å². The van der Waals surface area contributed by atoms with Gasteiger partial charge in [-0.25, -0.2) is 14.3 Å². The number of carbonyl (C=O) groups is 1. The summed E-state index contributed by atoms with van der Waals surface area (Å²) in [4.78, 5) is 33.0. The second-order valence-corrected chi connectivity index (χ2v) is 6.88. The predicted octanol–water partition coefficient (Wildman–Crippen LogP) is 2.22. The molecule has 0 bridgehead atoms. The average molecular weight is 400 g/mol. The molecule has 5 aromatic rings. The molecule has 30 heavy (non-hydrogen) atoms. The molecule has 0 radical (unpaired) electrons. The molecule has 1 aromatic carbocycles. The number of para-hydroxylation sites is 2. The van der Waals surface area contributed by atoms with Crippen molar-refractivity contribution in [2.45, 2.75) is 6.54 Å². The summed E-state index contributed by atoms with van der Waals surface area (Å²) in [5, 5.41) is 14.4. The van der Waals surface area contributed by atoms with Gasteiger partial charge in [0.1, 0.15) is 12.4 Å². The lowest BCUT2D eigenvalue weighted by molar-refractivity contribution is -0.137. The minimum atomic E-state index is -1.08. The lowest BCUT2D eigenvalue weighted by atomic mass is 10.1. The largest absolute Gasteiger partial charge is 0.480 e. The van der Waals surface area contributed by atoms with Crippen LogP contribution in [0.25, 0.3) is 38.9 Å². The van der Waals surface area contributed by atoms with E-state index in [0.29, 0.717) is 16.9 Å². The third kappa shape index (κ3) is 2.67. The van der Waals surface area contributed by atoms with Gasteiger partial charge in [0.25, 0.3) is 0 Å². The fourth-order valence-corrected chi connectivity index (χ4v) is 3.69. The number of aryl methyl sites for hydroxylation is 1. The molecule has 0 saturated carbocycles. The molecule has 0 aliphatic carbocycles. The Kier molecular flexibility index (Phi) is 3.95. The Morgan fingerprint density at radius 2 is 1.80 bits per heavy atom. The number of hydrogen-bond acceptors (Lipinski definition) is 5. The summed E-state index contributed by atoms with van der Waals surface area (Å²) >= 11 is 0. The van der Waals surface area contributed by atoms with Gasteiger partial charge in [-0.3, -0.25) is 19.0 Å². The van der Waals surface area contributed by atoms with E-state index in [1.54, 1.807) is 59.8 Å². The van der Waals surface area contributed by atoms with Gasteiger partial charge in [-0.15, -0.1) is 0 Å². The van der Waals surface area contributed by atoms with Crippen molar-refractivity contribution in [1.29, 1.82) is 0 Å². The summed E-state index contributed by atoms with van der Waals surface area (Å²) in [6.07, 6.45) is 6.97. The number of hydrogen-bond donors (Lipinski definition) is 1. The van der Waals surface area contributed by atoms with Gasteiger partial charge in [0.05, 0.1) is 28.9 Å². The normalized spacial score (nSPS) is 11.4. The Labute approximate surface area is 169 Å². The van der Waals surface area contributed by atoms with Crippen LogP contribution in [0, 0.1) is 0 Å². The standard InChI is InChI=1S/C21H16N6O3/c1-25-18-11-22-9-14(15(18)10-24-25)13-6-7-19(23-8-13)27-17-5-3-2-4-16(17)26(21(27)30)12-20(28)29/h2-11H,12H2,1H3,(H,28,29). The first kappa shape index (κ1) is 17.8. The minimum Gasteiger partial charge on any atom is -0.480 e. The van der Waals surface area contributed by atoms with Gasteiger partial charge in [-0.05, 0) is 24.3 Å². The first-order chi connectivity index (χ1) is 14.5. The summed E-state index contributed by atoms with van der Waals surface area (Å²) in [7, 11) is 1.86. The Morgan fingerprint density at radius 1 is 1.00 bits per heavy atom. The molecule has 0 fully saturated rings. The number of fused-ring (bicyclic) bond motifs is 2. The Morgan fingerprint density at radius 3 is 2.53 bits per heavy atom. The zero-order chi connectivity index (χ0) is 20.8. The molecule has 5 rings (SSSR count). The fourth-order valence-electron chi connectivity index (χ4n) is 3.69. The van der Waals surface area contributed by atoms with Gasteiger partial charge >= 0.3 is 11.7 Å². The van der Waals surface area contributed by atoms with Crippen molar-refractivity contribution in [1.82, 2.24) is 28.9 Å². The van der Waals surface area contributed by atoms with E-state index in [9.17, 15) is 14.7 Å². The van der Waals surface area contributed by atoms with E-state index in [-0.39, 0.29) is 0 Å². The third-order valence-electron chi connectivity index (χ3n) is 5.09. The van der Waals surface area contributed by atoms with E-state index in [2.05, 4.69) is 15.1 Å². The van der Waals surface area contributed by atoms with Crippen LogP contribution in [-0.2, 0) is 18.4 Å². The number of carboxylic acids is 1. The Hall–Kier alpha value is -4.27. The molecule has 0 aliphatic heterocycles. The van der Waals surface area contributed by atoms with Gasteiger partial charge < -0.3 is 5.11 Å². The van der Waals surface area contributed by atoms with Crippen molar-refractivity contribution in [3.63, 3.8) is 0 Å². The van der Waals surface area contributed by atoms with Crippen LogP contribution in [0.5, 0.6) is 0 Å². The molecular formula is C21H16N6O3. The number of rotatable bonds is 4. The number of benzene rings is 1. The van der Waals surface area contributed by atoms with Crippen molar-refractivity contribution in [3.8, 4) is 16.9 Å². The molecule has 0 spiro atoms. The van der Waals surface area contributed by atoms with Crippen LogP contribution in [0.15, 0.2) is 66.0 Å². The third-order valence-corrected chi connectivity index (χ3v) is 5.09. The SMILES string of the molecule is Cn1ncc2c(-c3ccc(-n4c(=O)n(CC(=O)O)c5ccccc54)nc3)cncc21. The van der Waals surface area contributed by atoms with Crippen molar-refractivity contribution in [2.75, 3.05) is 0 Å². The smallest absolute Gasteiger partial charge is 0.335 e. The maximum Gasteiger partial charge on any atom is 0.335 e. The molecule has 0 amide bonds. The van der Waals surface area contributed by atoms with Crippen LogP contribution < -0.4 is 5.69 Å². The monoisotopic (exact) mass is 400 g/mol. The van der Waals surface area contributed by atoms with Gasteiger partial charge in [0.2, 0.25) is 0 Å². The van der Waals surface area contributed by atoms with Crippen LogP contribution >= 0.6 is 0 Å². The summed E-state index contributed by atoms with van der Waals surface area (Å²) in [6, 6.07) is 10.7. The van der Waals surface area contributed by atoms with Crippen LogP contribution in [0.1, 0.15) is 0 Å². The van der Waals surface area contributed by atoms with Crippen LogP contribution in [0.2, 0.25) is 0 Å². The second-order valence-electron chi connectivity index (χ2n) is 6.88. The first-order valence-electron chi connectivity index (χ1n) is 9.19. The Balaban J connectivity index is 1.65. The van der Waals surface area contributed by atoms with Gasteiger partial charge in [-0.1, -0.05) is 12.1 Å². The minimum absolute atomic E-state index is 0.412. The van der Waals surface area contributed by atoms with Crippen molar-refractivity contribution < 1.29 is 9.90 Å². The highest BCUT2D eigenvalue weighted by molar-refractivity contribution is 5.93. The Bertz CT molecular complexity index is 1480. The summed E-state index contributed by atoms with van der Waals surface area (Å²) < 4.78 is 4.41. The van der Waals surface area contributed by atoms with Crippen LogP contribution in [0.3, 0.4) is 0 Å². The summed E-state index contributed by atoms with van der Waals surface area (Å²) in [5.41, 5.74) is 3.33. The fraction of sp³-hybridized carbons (Fsp3) is 0.0952. The van der Waals surface area contributed by atoms with Crippen molar-refractivity contribution in [3.05, 3.63) is 71.7 Å². The molecule has 0 unspecified atom stereocenters. The molecule has 9 nitrogen and oxygen atoms in total. The average Bonchev–Trinajstić information content (AvgIpc) is 3.26. The number of aliphatic carboxylic acids is 1. The van der Waals surface area contributed by atoms with Gasteiger partial charge in [-0.2, -0.15) is 5.10 Å². The number of nitrogens with zero attached hydrogens (tertiary/aromatic N) is 6.